The first-order valence-corrected chi connectivity index (χ1v) is 7.49. The zero-order chi connectivity index (χ0) is 15.7. The number of hydrogen-bond donors (Lipinski definition) is 1. The SMILES string of the molecule is CN(CC1(C)COC1)C(=O)Nc1ccc2c(Cl)nccc2c1. The molecule has 0 radical (unpaired) electrons. The number of amides is 2. The van der Waals surface area contributed by atoms with Crippen LogP contribution in [-0.4, -0.2) is 42.7 Å². The van der Waals surface area contributed by atoms with E-state index in [0.29, 0.717) is 24.9 Å². The average Bonchev–Trinajstić information content (AvgIpc) is 2.45. The highest BCUT2D eigenvalue weighted by atomic mass is 35.5. The quantitative estimate of drug-likeness (QED) is 0.882. The van der Waals surface area contributed by atoms with Gasteiger partial charge < -0.3 is 15.0 Å². The summed E-state index contributed by atoms with van der Waals surface area (Å²) in [5.74, 6) is 0. The Kier molecular flexibility index (Phi) is 3.93. The Bertz CT molecular complexity index is 716. The summed E-state index contributed by atoms with van der Waals surface area (Å²) in [7, 11) is 1.79. The largest absolute Gasteiger partial charge is 0.380 e. The monoisotopic (exact) mass is 319 g/mol. The number of ether oxygens (including phenoxy) is 1. The van der Waals surface area contributed by atoms with Gasteiger partial charge in [0.15, 0.2) is 0 Å². The Balaban J connectivity index is 1.71. The number of hydrogen-bond acceptors (Lipinski definition) is 3. The van der Waals surface area contributed by atoms with Gasteiger partial charge in [0.05, 0.1) is 13.2 Å². The first-order valence-electron chi connectivity index (χ1n) is 7.11. The molecule has 1 aromatic heterocycles. The molecule has 0 bridgehead atoms. The van der Waals surface area contributed by atoms with Crippen molar-refractivity contribution in [3.8, 4) is 0 Å². The minimum absolute atomic E-state index is 0.0642. The molecule has 5 nitrogen and oxygen atoms in total. The number of fused-ring (bicyclic) bond motifs is 1. The normalized spacial score (nSPS) is 16.1. The fraction of sp³-hybridized carbons (Fsp3) is 0.375. The van der Waals surface area contributed by atoms with Crippen molar-refractivity contribution in [1.29, 1.82) is 0 Å². The lowest BCUT2D eigenvalue weighted by Gasteiger charge is -2.40. The highest BCUT2D eigenvalue weighted by molar-refractivity contribution is 6.34. The number of aromatic nitrogens is 1. The zero-order valence-corrected chi connectivity index (χ0v) is 13.4. The molecule has 22 heavy (non-hydrogen) atoms. The first-order chi connectivity index (χ1) is 10.5. The molecule has 2 aromatic rings. The number of nitrogens with zero attached hydrogens (tertiary/aromatic N) is 2. The minimum atomic E-state index is -0.132. The molecule has 0 spiro atoms. The van der Waals surface area contributed by atoms with E-state index in [4.69, 9.17) is 16.3 Å². The van der Waals surface area contributed by atoms with E-state index in [1.165, 1.54) is 0 Å². The predicted octanol–water partition coefficient (Wildman–Crippen LogP) is 3.39. The minimum Gasteiger partial charge on any atom is -0.380 e. The summed E-state index contributed by atoms with van der Waals surface area (Å²) >= 11 is 6.04. The van der Waals surface area contributed by atoms with Crippen molar-refractivity contribution in [1.82, 2.24) is 9.88 Å². The number of carbonyl (C=O) groups is 1. The Morgan fingerprint density at radius 3 is 2.91 bits per heavy atom. The number of benzene rings is 1. The third-order valence-corrected chi connectivity index (χ3v) is 4.13. The lowest BCUT2D eigenvalue weighted by molar-refractivity contribution is -0.108. The van der Waals surface area contributed by atoms with Crippen LogP contribution in [0.5, 0.6) is 0 Å². The van der Waals surface area contributed by atoms with Crippen LogP contribution in [0.2, 0.25) is 5.15 Å². The average molecular weight is 320 g/mol. The van der Waals surface area contributed by atoms with Gasteiger partial charge >= 0.3 is 6.03 Å². The predicted molar refractivity (Wildman–Crippen MR) is 87.3 cm³/mol. The number of anilines is 1. The van der Waals surface area contributed by atoms with Gasteiger partial charge in [0.25, 0.3) is 0 Å². The van der Waals surface area contributed by atoms with Crippen LogP contribution in [0.3, 0.4) is 0 Å². The van der Waals surface area contributed by atoms with E-state index in [-0.39, 0.29) is 11.4 Å². The van der Waals surface area contributed by atoms with Crippen LogP contribution in [0.25, 0.3) is 10.8 Å². The summed E-state index contributed by atoms with van der Waals surface area (Å²) in [6.45, 7) is 4.19. The Labute approximate surface area is 134 Å². The molecule has 2 heterocycles. The highest BCUT2D eigenvalue weighted by Crippen LogP contribution is 2.28. The molecule has 1 aliphatic heterocycles. The standard InChI is InChI=1S/C16H18ClN3O2/c1-16(9-22-10-16)8-20(2)15(21)19-12-3-4-13-11(7-12)5-6-18-14(13)17/h3-7H,8-10H2,1-2H3,(H,19,21). The molecule has 0 unspecified atom stereocenters. The van der Waals surface area contributed by atoms with E-state index < -0.39 is 0 Å². The molecule has 2 amide bonds. The van der Waals surface area contributed by atoms with Gasteiger partial charge in [0, 0.05) is 36.3 Å². The van der Waals surface area contributed by atoms with Crippen LogP contribution < -0.4 is 5.32 Å². The molecule has 6 heteroatoms. The second-order valence-electron chi connectivity index (χ2n) is 6.13. The molecule has 1 aliphatic rings. The van der Waals surface area contributed by atoms with E-state index in [1.807, 2.05) is 24.3 Å². The van der Waals surface area contributed by atoms with Gasteiger partial charge in [-0.1, -0.05) is 18.5 Å². The van der Waals surface area contributed by atoms with Gasteiger partial charge in [0.1, 0.15) is 5.15 Å². The van der Waals surface area contributed by atoms with Crippen molar-refractivity contribution in [2.75, 3.05) is 32.1 Å². The van der Waals surface area contributed by atoms with Crippen LogP contribution in [-0.2, 0) is 4.74 Å². The van der Waals surface area contributed by atoms with Gasteiger partial charge in [-0.2, -0.15) is 0 Å². The second kappa shape index (κ2) is 5.74. The fourth-order valence-corrected chi connectivity index (χ4v) is 2.85. The maximum absolute atomic E-state index is 12.3. The molecular weight excluding hydrogens is 302 g/mol. The molecule has 1 saturated heterocycles. The van der Waals surface area contributed by atoms with Crippen molar-refractivity contribution < 1.29 is 9.53 Å². The van der Waals surface area contributed by atoms with E-state index in [2.05, 4.69) is 17.2 Å². The summed E-state index contributed by atoms with van der Waals surface area (Å²) in [6.07, 6.45) is 1.65. The van der Waals surface area contributed by atoms with Crippen LogP contribution in [0.1, 0.15) is 6.92 Å². The van der Waals surface area contributed by atoms with E-state index in [1.54, 1.807) is 18.1 Å². The van der Waals surface area contributed by atoms with Crippen LogP contribution in [0, 0.1) is 5.41 Å². The van der Waals surface area contributed by atoms with Crippen molar-refractivity contribution in [2.24, 2.45) is 5.41 Å². The maximum Gasteiger partial charge on any atom is 0.321 e. The number of urea groups is 1. The summed E-state index contributed by atoms with van der Waals surface area (Å²) in [5, 5.41) is 5.18. The molecule has 1 fully saturated rings. The molecule has 1 N–H and O–H groups in total. The van der Waals surface area contributed by atoms with Gasteiger partial charge in [-0.05, 0) is 29.7 Å². The van der Waals surface area contributed by atoms with Crippen LogP contribution in [0.15, 0.2) is 30.5 Å². The van der Waals surface area contributed by atoms with Crippen molar-refractivity contribution >= 4 is 34.1 Å². The lowest BCUT2D eigenvalue weighted by atomic mass is 9.88. The third kappa shape index (κ3) is 3.00. The molecule has 0 saturated carbocycles. The number of halogens is 1. The van der Waals surface area contributed by atoms with Crippen molar-refractivity contribution in [3.63, 3.8) is 0 Å². The lowest BCUT2D eigenvalue weighted by Crippen LogP contribution is -2.49. The summed E-state index contributed by atoms with van der Waals surface area (Å²) in [6, 6.07) is 7.32. The third-order valence-electron chi connectivity index (χ3n) is 3.83. The van der Waals surface area contributed by atoms with Crippen LogP contribution >= 0.6 is 11.6 Å². The molecule has 1 aromatic carbocycles. The summed E-state index contributed by atoms with van der Waals surface area (Å²) in [5.41, 5.74) is 0.802. The highest BCUT2D eigenvalue weighted by Gasteiger charge is 2.35. The van der Waals surface area contributed by atoms with Gasteiger partial charge in [0.2, 0.25) is 0 Å². The molecule has 0 aliphatic carbocycles. The maximum atomic E-state index is 12.3. The van der Waals surface area contributed by atoms with E-state index in [0.717, 1.165) is 16.5 Å². The van der Waals surface area contributed by atoms with Crippen LogP contribution in [0.4, 0.5) is 10.5 Å². The van der Waals surface area contributed by atoms with Crippen molar-refractivity contribution in [3.05, 3.63) is 35.6 Å². The Hall–Kier alpha value is -1.85. The van der Waals surface area contributed by atoms with Crippen molar-refractivity contribution in [2.45, 2.75) is 6.92 Å². The van der Waals surface area contributed by atoms with E-state index >= 15 is 0 Å². The molecule has 116 valence electrons. The smallest absolute Gasteiger partial charge is 0.321 e. The molecule has 0 atom stereocenters. The fourth-order valence-electron chi connectivity index (χ4n) is 2.62. The van der Waals surface area contributed by atoms with Gasteiger partial charge in [-0.25, -0.2) is 9.78 Å². The topological polar surface area (TPSA) is 54.5 Å². The Morgan fingerprint density at radius 1 is 1.45 bits per heavy atom. The first kappa shape index (κ1) is 15.1. The van der Waals surface area contributed by atoms with E-state index in [9.17, 15) is 4.79 Å². The summed E-state index contributed by atoms with van der Waals surface area (Å²) in [4.78, 5) is 18.0. The number of pyridine rings is 1. The number of carbonyl (C=O) groups excluding carboxylic acids is 1. The summed E-state index contributed by atoms with van der Waals surface area (Å²) < 4.78 is 5.22. The molecular formula is C16H18ClN3O2. The Morgan fingerprint density at radius 2 is 2.23 bits per heavy atom. The van der Waals surface area contributed by atoms with Gasteiger partial charge in [-0.3, -0.25) is 0 Å². The number of rotatable bonds is 3. The number of nitrogens with one attached hydrogen (secondary N) is 1. The zero-order valence-electron chi connectivity index (χ0n) is 12.6. The molecule has 3 rings (SSSR count). The van der Waals surface area contributed by atoms with Gasteiger partial charge in [-0.15, -0.1) is 0 Å². The second-order valence-corrected chi connectivity index (χ2v) is 6.49.